The van der Waals surface area contributed by atoms with Crippen molar-refractivity contribution in [3.63, 3.8) is 0 Å². The van der Waals surface area contributed by atoms with Crippen LogP contribution in [0.1, 0.15) is 11.1 Å². The van der Waals surface area contributed by atoms with E-state index in [0.717, 1.165) is 0 Å². The van der Waals surface area contributed by atoms with E-state index >= 15 is 0 Å². The predicted octanol–water partition coefficient (Wildman–Crippen LogP) is 3.27. The molecule has 0 fully saturated rings. The third-order valence-corrected chi connectivity index (χ3v) is 6.78. The Morgan fingerprint density at radius 1 is 0.611 bits per heavy atom. The number of hydrogen-bond donors (Lipinski definition) is 0. The van der Waals surface area contributed by atoms with Gasteiger partial charge in [0, 0.05) is 0 Å². The molecule has 0 heterocycles. The first-order valence-corrected chi connectivity index (χ1v) is 10.3. The van der Waals surface area contributed by atoms with Gasteiger partial charge in [0.1, 0.15) is 0 Å². The van der Waals surface area contributed by atoms with Gasteiger partial charge in [0.15, 0.2) is 0 Å². The summed E-state index contributed by atoms with van der Waals surface area (Å²) in [6.45, 7) is 0. The Morgan fingerprint density at radius 2 is 1.00 bits per heavy atom. The van der Waals surface area contributed by atoms with E-state index in [1.54, 1.807) is 0 Å². The van der Waals surface area contributed by atoms with Crippen LogP contribution in [0, 0.1) is 0 Å². The molecule has 0 nitrogen and oxygen atoms in total. The molecule has 2 aromatic carbocycles. The first-order valence-electron chi connectivity index (χ1n) is 5.91. The van der Waals surface area contributed by atoms with Crippen LogP contribution in [0.5, 0.6) is 0 Å². The SMILES string of the molecule is C(=C[Se]Cc1ccccc1)[Se]Cc1ccccc1. The zero-order chi connectivity index (χ0) is 12.5. The molecule has 18 heavy (non-hydrogen) atoms. The predicted molar refractivity (Wildman–Crippen MR) is 80.9 cm³/mol. The number of hydrogen-bond acceptors (Lipinski definition) is 0. The summed E-state index contributed by atoms with van der Waals surface area (Å²) in [5.74, 6) is 0. The molecule has 0 bridgehead atoms. The zero-order valence-corrected chi connectivity index (χ0v) is 13.6. The molecule has 0 amide bonds. The van der Waals surface area contributed by atoms with E-state index in [1.165, 1.54) is 21.8 Å². The van der Waals surface area contributed by atoms with Crippen LogP contribution in [0.2, 0.25) is 0 Å². The van der Waals surface area contributed by atoms with Crippen molar-refractivity contribution in [2.45, 2.75) is 10.6 Å². The van der Waals surface area contributed by atoms with Gasteiger partial charge < -0.3 is 0 Å². The zero-order valence-electron chi connectivity index (χ0n) is 10.2. The normalized spacial score (nSPS) is 10.9. The molecule has 92 valence electrons. The van der Waals surface area contributed by atoms with E-state index in [9.17, 15) is 0 Å². The van der Waals surface area contributed by atoms with E-state index in [2.05, 4.69) is 70.6 Å². The van der Waals surface area contributed by atoms with Gasteiger partial charge in [0.25, 0.3) is 0 Å². The summed E-state index contributed by atoms with van der Waals surface area (Å²) in [5.41, 5.74) is 2.91. The van der Waals surface area contributed by atoms with E-state index in [1.807, 2.05) is 0 Å². The maximum atomic E-state index is 2.39. The molecule has 0 aliphatic heterocycles. The van der Waals surface area contributed by atoms with Crippen LogP contribution < -0.4 is 0 Å². The van der Waals surface area contributed by atoms with Gasteiger partial charge in [-0.1, -0.05) is 0 Å². The van der Waals surface area contributed by atoms with E-state index in [4.69, 9.17) is 0 Å². The van der Waals surface area contributed by atoms with Gasteiger partial charge in [-0.05, 0) is 0 Å². The fourth-order valence-electron chi connectivity index (χ4n) is 1.52. The Labute approximate surface area is 122 Å². The van der Waals surface area contributed by atoms with Gasteiger partial charge in [0.05, 0.1) is 0 Å². The molecule has 0 aromatic heterocycles. The minimum absolute atomic E-state index is 0.611. The Kier molecular flexibility index (Phi) is 6.33. The summed E-state index contributed by atoms with van der Waals surface area (Å²) >= 11 is 1.22. The maximum absolute atomic E-state index is 2.39. The molecule has 0 unspecified atom stereocenters. The quantitative estimate of drug-likeness (QED) is 0.689. The van der Waals surface area contributed by atoms with Crippen LogP contribution in [0.25, 0.3) is 0 Å². The molecule has 0 saturated heterocycles. The fourth-order valence-corrected chi connectivity index (χ4v) is 5.58. The van der Waals surface area contributed by atoms with Gasteiger partial charge in [-0.2, -0.15) is 0 Å². The second-order valence-electron chi connectivity index (χ2n) is 3.87. The molecule has 0 spiro atoms. The Hall–Kier alpha value is -0.781. The van der Waals surface area contributed by atoms with Gasteiger partial charge >= 0.3 is 122 Å². The Bertz CT molecular complexity index is 417. The summed E-state index contributed by atoms with van der Waals surface area (Å²) in [7, 11) is 0. The fraction of sp³-hybridized carbons (Fsp3) is 0.125. The summed E-state index contributed by atoms with van der Waals surface area (Å²) < 4.78 is 0. The van der Waals surface area contributed by atoms with Crippen molar-refractivity contribution in [3.8, 4) is 0 Å². The molecule has 2 aromatic rings. The van der Waals surface area contributed by atoms with Crippen LogP contribution in [0.4, 0.5) is 0 Å². The average Bonchev–Trinajstić information content (AvgIpc) is 2.45. The van der Waals surface area contributed by atoms with Crippen LogP contribution in [0.3, 0.4) is 0 Å². The molecule has 2 heteroatoms. The molecule has 0 radical (unpaired) electrons. The standard InChI is InChI=1S/C16H16Se2/c1-3-7-15(8-4-1)13-17-11-12-18-14-16-9-5-2-6-10-16/h1-12H,13-14H2. The van der Waals surface area contributed by atoms with E-state index in [-0.39, 0.29) is 0 Å². The third-order valence-electron chi connectivity index (χ3n) is 2.43. The van der Waals surface area contributed by atoms with Gasteiger partial charge in [-0.15, -0.1) is 0 Å². The second-order valence-corrected chi connectivity index (χ2v) is 7.62. The van der Waals surface area contributed by atoms with Crippen LogP contribution >= 0.6 is 0 Å². The molecule has 0 aliphatic carbocycles. The molecule has 0 N–H and O–H groups in total. The number of benzene rings is 2. The second kappa shape index (κ2) is 8.34. The number of rotatable bonds is 6. The Balaban J connectivity index is 1.64. The van der Waals surface area contributed by atoms with Crippen molar-refractivity contribution in [2.24, 2.45) is 0 Å². The minimum atomic E-state index is 0.611. The van der Waals surface area contributed by atoms with Crippen molar-refractivity contribution in [2.75, 3.05) is 0 Å². The van der Waals surface area contributed by atoms with Crippen molar-refractivity contribution in [3.05, 3.63) is 81.7 Å². The van der Waals surface area contributed by atoms with Crippen molar-refractivity contribution in [1.29, 1.82) is 0 Å². The average molecular weight is 366 g/mol. The topological polar surface area (TPSA) is 0 Å². The van der Waals surface area contributed by atoms with Gasteiger partial charge in [-0.3, -0.25) is 0 Å². The molecule has 2 rings (SSSR count). The molecular formula is C16H16Se2. The van der Waals surface area contributed by atoms with E-state index < -0.39 is 0 Å². The third kappa shape index (κ3) is 5.25. The summed E-state index contributed by atoms with van der Waals surface area (Å²) in [4.78, 5) is 4.78. The van der Waals surface area contributed by atoms with Crippen molar-refractivity contribution >= 4 is 29.9 Å². The van der Waals surface area contributed by atoms with Gasteiger partial charge in [-0.25, -0.2) is 0 Å². The molecular weight excluding hydrogens is 350 g/mol. The molecule has 0 atom stereocenters. The van der Waals surface area contributed by atoms with Crippen LogP contribution in [-0.2, 0) is 10.6 Å². The van der Waals surface area contributed by atoms with E-state index in [0.29, 0.717) is 29.9 Å². The summed E-state index contributed by atoms with van der Waals surface area (Å²) in [5, 5.41) is 2.43. The first kappa shape index (κ1) is 13.6. The summed E-state index contributed by atoms with van der Waals surface area (Å²) in [6.07, 6.45) is 0. The molecule has 0 aliphatic rings. The van der Waals surface area contributed by atoms with Crippen molar-refractivity contribution < 1.29 is 0 Å². The van der Waals surface area contributed by atoms with Crippen LogP contribution in [-0.4, -0.2) is 29.9 Å². The summed E-state index contributed by atoms with van der Waals surface area (Å²) in [6, 6.07) is 21.5. The van der Waals surface area contributed by atoms with Crippen LogP contribution in [0.15, 0.2) is 70.6 Å². The first-order chi connectivity index (χ1) is 8.95. The van der Waals surface area contributed by atoms with Crippen molar-refractivity contribution in [1.82, 2.24) is 0 Å². The monoisotopic (exact) mass is 368 g/mol. The molecule has 0 saturated carbocycles. The Morgan fingerprint density at radius 3 is 1.39 bits per heavy atom. The van der Waals surface area contributed by atoms with Gasteiger partial charge in [0.2, 0.25) is 0 Å².